The van der Waals surface area contributed by atoms with Crippen molar-refractivity contribution in [2.24, 2.45) is 4.99 Å². The third-order valence-corrected chi connectivity index (χ3v) is 4.45. The average Bonchev–Trinajstić information content (AvgIpc) is 3.14. The van der Waals surface area contributed by atoms with Gasteiger partial charge in [0.2, 0.25) is 0 Å². The van der Waals surface area contributed by atoms with E-state index in [1.54, 1.807) is 7.05 Å². The maximum Gasteiger partial charge on any atom is 0.434 e. The molecule has 6 nitrogen and oxygen atoms in total. The van der Waals surface area contributed by atoms with Crippen molar-refractivity contribution in [1.29, 1.82) is 0 Å². The van der Waals surface area contributed by atoms with E-state index < -0.39 is 11.9 Å². The minimum atomic E-state index is -4.39. The van der Waals surface area contributed by atoms with Gasteiger partial charge >= 0.3 is 6.18 Å². The Labute approximate surface area is 147 Å². The normalized spacial score (nSPS) is 12.5. The number of nitrogens with zero attached hydrogens (tertiary/aromatic N) is 3. The first-order valence-electron chi connectivity index (χ1n) is 7.69. The summed E-state index contributed by atoms with van der Waals surface area (Å²) in [7, 11) is 1.64. The Kier molecular flexibility index (Phi) is 6.40. The standard InChI is InChI=1S/C15H20F3N5OS/c1-9-11(10(2)24-23-9)4-6-20-14(19-3)21-7-5-13-22-12(8-25-13)15(16,17)18/h8H,4-7H2,1-3H3,(H2,19,20,21). The number of halogens is 3. The predicted octanol–water partition coefficient (Wildman–Crippen LogP) is 2.72. The summed E-state index contributed by atoms with van der Waals surface area (Å²) in [5, 5.41) is 11.6. The Hall–Kier alpha value is -2.10. The predicted molar refractivity (Wildman–Crippen MR) is 89.9 cm³/mol. The molecule has 0 saturated heterocycles. The summed E-state index contributed by atoms with van der Waals surface area (Å²) in [6.07, 6.45) is -3.26. The fraction of sp³-hybridized carbons (Fsp3) is 0.533. The molecular formula is C15H20F3N5OS. The van der Waals surface area contributed by atoms with Gasteiger partial charge in [0.15, 0.2) is 11.7 Å². The zero-order valence-corrected chi connectivity index (χ0v) is 15.0. The van der Waals surface area contributed by atoms with Crippen molar-refractivity contribution in [3.05, 3.63) is 33.1 Å². The number of aryl methyl sites for hydroxylation is 2. The molecule has 2 N–H and O–H groups in total. The molecule has 0 bridgehead atoms. The van der Waals surface area contributed by atoms with Gasteiger partial charge in [-0.05, 0) is 20.3 Å². The third kappa shape index (κ3) is 5.45. The van der Waals surface area contributed by atoms with Crippen LogP contribution < -0.4 is 10.6 Å². The highest BCUT2D eigenvalue weighted by Gasteiger charge is 2.33. The van der Waals surface area contributed by atoms with Gasteiger partial charge < -0.3 is 15.2 Å². The monoisotopic (exact) mass is 375 g/mol. The Morgan fingerprint density at radius 2 is 1.92 bits per heavy atom. The molecule has 2 rings (SSSR count). The molecule has 0 radical (unpaired) electrons. The lowest BCUT2D eigenvalue weighted by Crippen LogP contribution is -2.39. The molecule has 0 aromatic carbocycles. The van der Waals surface area contributed by atoms with Crippen LogP contribution in [0.5, 0.6) is 0 Å². The highest BCUT2D eigenvalue weighted by atomic mass is 32.1. The molecule has 0 amide bonds. The van der Waals surface area contributed by atoms with Gasteiger partial charge in [0, 0.05) is 37.5 Å². The van der Waals surface area contributed by atoms with Gasteiger partial charge in [-0.1, -0.05) is 5.16 Å². The van der Waals surface area contributed by atoms with Crippen LogP contribution in [0.25, 0.3) is 0 Å². The number of thiazole rings is 1. The Morgan fingerprint density at radius 1 is 1.24 bits per heavy atom. The van der Waals surface area contributed by atoms with E-state index in [0.29, 0.717) is 30.5 Å². The van der Waals surface area contributed by atoms with E-state index in [-0.39, 0.29) is 0 Å². The molecule has 0 aliphatic carbocycles. The topological polar surface area (TPSA) is 75.3 Å². The van der Waals surface area contributed by atoms with Crippen LogP contribution in [-0.2, 0) is 19.0 Å². The molecule has 0 spiro atoms. The lowest BCUT2D eigenvalue weighted by Gasteiger charge is -2.11. The zero-order valence-electron chi connectivity index (χ0n) is 14.2. The van der Waals surface area contributed by atoms with Gasteiger partial charge in [-0.25, -0.2) is 4.98 Å². The molecular weight excluding hydrogens is 355 g/mol. The summed E-state index contributed by atoms with van der Waals surface area (Å²) in [5.41, 5.74) is 1.09. The van der Waals surface area contributed by atoms with E-state index in [0.717, 1.165) is 40.2 Å². The van der Waals surface area contributed by atoms with Gasteiger partial charge in [0.1, 0.15) is 5.76 Å². The number of aromatic nitrogens is 2. The Bertz CT molecular complexity index is 704. The molecule has 0 aliphatic rings. The Morgan fingerprint density at radius 3 is 2.44 bits per heavy atom. The van der Waals surface area contributed by atoms with E-state index in [4.69, 9.17) is 4.52 Å². The second-order valence-corrected chi connectivity index (χ2v) is 6.30. The van der Waals surface area contributed by atoms with Crippen molar-refractivity contribution in [3.8, 4) is 0 Å². The largest absolute Gasteiger partial charge is 0.434 e. The van der Waals surface area contributed by atoms with Gasteiger partial charge in [-0.15, -0.1) is 11.3 Å². The summed E-state index contributed by atoms with van der Waals surface area (Å²) >= 11 is 1.01. The lowest BCUT2D eigenvalue weighted by molar-refractivity contribution is -0.140. The maximum atomic E-state index is 12.5. The van der Waals surface area contributed by atoms with E-state index >= 15 is 0 Å². The van der Waals surface area contributed by atoms with Crippen molar-refractivity contribution < 1.29 is 17.7 Å². The van der Waals surface area contributed by atoms with Crippen LogP contribution in [0, 0.1) is 13.8 Å². The highest BCUT2D eigenvalue weighted by Crippen LogP contribution is 2.29. The van der Waals surface area contributed by atoms with E-state index in [1.807, 2.05) is 13.8 Å². The summed E-state index contributed by atoms with van der Waals surface area (Å²) in [6, 6.07) is 0. The molecule has 0 saturated carbocycles. The molecule has 2 heterocycles. The molecule has 0 unspecified atom stereocenters. The Balaban J connectivity index is 1.74. The maximum absolute atomic E-state index is 12.5. The fourth-order valence-electron chi connectivity index (χ4n) is 2.23. The van der Waals surface area contributed by atoms with Crippen molar-refractivity contribution >= 4 is 17.3 Å². The van der Waals surface area contributed by atoms with Crippen LogP contribution in [0.4, 0.5) is 13.2 Å². The number of hydrogen-bond acceptors (Lipinski definition) is 5. The summed E-state index contributed by atoms with van der Waals surface area (Å²) in [6.45, 7) is 4.83. The van der Waals surface area contributed by atoms with Crippen LogP contribution in [0.1, 0.15) is 27.7 Å². The summed E-state index contributed by atoms with van der Waals surface area (Å²) < 4.78 is 42.6. The first-order valence-corrected chi connectivity index (χ1v) is 8.57. The molecule has 0 atom stereocenters. The van der Waals surface area contributed by atoms with Crippen molar-refractivity contribution in [2.75, 3.05) is 20.1 Å². The third-order valence-electron chi connectivity index (χ3n) is 3.55. The van der Waals surface area contributed by atoms with Crippen LogP contribution in [0.2, 0.25) is 0 Å². The fourth-order valence-corrected chi connectivity index (χ4v) is 3.03. The van der Waals surface area contributed by atoms with Gasteiger partial charge in [-0.3, -0.25) is 4.99 Å². The van der Waals surface area contributed by atoms with Crippen LogP contribution in [0.15, 0.2) is 14.9 Å². The highest BCUT2D eigenvalue weighted by molar-refractivity contribution is 7.09. The summed E-state index contributed by atoms with van der Waals surface area (Å²) in [5.74, 6) is 1.38. The first kappa shape index (κ1) is 19.2. The van der Waals surface area contributed by atoms with Crippen molar-refractivity contribution in [2.45, 2.75) is 32.9 Å². The van der Waals surface area contributed by atoms with Gasteiger partial charge in [0.05, 0.1) is 10.7 Å². The van der Waals surface area contributed by atoms with E-state index in [9.17, 15) is 13.2 Å². The molecule has 25 heavy (non-hydrogen) atoms. The SMILES string of the molecule is CN=C(NCCc1nc(C(F)(F)F)cs1)NCCc1c(C)noc1C. The molecule has 0 aliphatic heterocycles. The van der Waals surface area contributed by atoms with Crippen molar-refractivity contribution in [3.63, 3.8) is 0 Å². The van der Waals surface area contributed by atoms with Crippen LogP contribution in [-0.4, -0.2) is 36.2 Å². The molecule has 2 aromatic heterocycles. The second kappa shape index (κ2) is 8.32. The number of aliphatic imine (C=N–C) groups is 1. The average molecular weight is 375 g/mol. The molecule has 138 valence electrons. The van der Waals surface area contributed by atoms with E-state index in [2.05, 4.69) is 25.8 Å². The minimum Gasteiger partial charge on any atom is -0.361 e. The summed E-state index contributed by atoms with van der Waals surface area (Å²) in [4.78, 5) is 7.68. The molecule has 2 aromatic rings. The second-order valence-electron chi connectivity index (χ2n) is 5.35. The number of nitrogens with one attached hydrogen (secondary N) is 2. The first-order chi connectivity index (χ1) is 11.8. The van der Waals surface area contributed by atoms with Crippen molar-refractivity contribution in [1.82, 2.24) is 20.8 Å². The van der Waals surface area contributed by atoms with Gasteiger partial charge in [0.25, 0.3) is 0 Å². The van der Waals surface area contributed by atoms with E-state index in [1.165, 1.54) is 0 Å². The van der Waals surface area contributed by atoms with Gasteiger partial charge in [-0.2, -0.15) is 13.2 Å². The lowest BCUT2D eigenvalue weighted by atomic mass is 10.1. The molecule has 10 heteroatoms. The van der Waals surface area contributed by atoms with Crippen LogP contribution in [0.3, 0.4) is 0 Å². The number of guanidine groups is 1. The quantitative estimate of drug-likeness (QED) is 0.600. The minimum absolute atomic E-state index is 0.394. The van der Waals surface area contributed by atoms with Crippen LogP contribution >= 0.6 is 11.3 Å². The smallest absolute Gasteiger partial charge is 0.361 e. The zero-order chi connectivity index (χ0) is 18.4. The number of hydrogen-bond donors (Lipinski definition) is 2. The number of rotatable bonds is 6. The number of alkyl halides is 3. The molecule has 0 fully saturated rings.